The number of aromatic nitrogens is 3. The molecule has 3 aromatic carbocycles. The summed E-state index contributed by atoms with van der Waals surface area (Å²) in [5.41, 5.74) is 7.77. The Bertz CT molecular complexity index is 1420. The summed E-state index contributed by atoms with van der Waals surface area (Å²) in [4.78, 5) is 16.9. The Labute approximate surface area is 201 Å². The van der Waals surface area contributed by atoms with Gasteiger partial charge in [0.1, 0.15) is 11.6 Å². The Morgan fingerprint density at radius 1 is 1.00 bits per heavy atom. The molecule has 3 N–H and O–H groups in total. The number of benzene rings is 3. The molecule has 0 saturated carbocycles. The Balaban J connectivity index is 0.000000207. The number of nitrogens with zero attached hydrogens (tertiary/aromatic N) is 3. The molecule has 0 spiro atoms. The van der Waals surface area contributed by atoms with Crippen molar-refractivity contribution in [3.8, 4) is 17.1 Å². The SMILES string of the molecule is COc1ccc(NC(=O)c2ncc(-c3ccccc3)o2)cc1S.Nc1cc2ccccc2nn1. The van der Waals surface area contributed by atoms with E-state index in [-0.39, 0.29) is 5.89 Å². The molecule has 0 unspecified atom stereocenters. The van der Waals surface area contributed by atoms with Crippen LogP contribution in [-0.4, -0.2) is 28.2 Å². The summed E-state index contributed by atoms with van der Waals surface area (Å²) in [6.45, 7) is 0. The van der Waals surface area contributed by atoms with Crippen LogP contribution in [0.5, 0.6) is 5.75 Å². The summed E-state index contributed by atoms with van der Waals surface area (Å²) >= 11 is 4.29. The zero-order chi connectivity index (χ0) is 23.9. The number of nitrogens with two attached hydrogens (primary N) is 1. The zero-order valence-corrected chi connectivity index (χ0v) is 19.1. The minimum absolute atomic E-state index is 0.000357. The van der Waals surface area contributed by atoms with Crippen molar-refractivity contribution in [2.75, 3.05) is 18.2 Å². The van der Waals surface area contributed by atoms with Crippen LogP contribution in [0.3, 0.4) is 0 Å². The fraction of sp³-hybridized carbons (Fsp3) is 0.0400. The molecule has 1 amide bonds. The molecule has 2 aromatic heterocycles. The van der Waals surface area contributed by atoms with Gasteiger partial charge < -0.3 is 20.2 Å². The standard InChI is InChI=1S/C17H14N2O3S.C8H7N3/c1-21-13-8-7-12(9-15(13)23)19-16(20)17-18-10-14(22-17)11-5-3-2-4-6-11;9-8-5-6-3-1-2-4-7(6)10-11-8/h2-10,23H,1H3,(H,19,20);1-5H,(H2,9,11). The summed E-state index contributed by atoms with van der Waals surface area (Å²) < 4.78 is 10.6. The van der Waals surface area contributed by atoms with Crippen molar-refractivity contribution in [3.63, 3.8) is 0 Å². The minimum atomic E-state index is -0.426. The Hall–Kier alpha value is -4.37. The van der Waals surface area contributed by atoms with Gasteiger partial charge in [0.25, 0.3) is 5.89 Å². The first kappa shape index (κ1) is 22.8. The van der Waals surface area contributed by atoms with Crippen molar-refractivity contribution in [2.45, 2.75) is 4.90 Å². The molecule has 0 fully saturated rings. The summed E-state index contributed by atoms with van der Waals surface area (Å²) in [6, 6.07) is 24.2. The maximum absolute atomic E-state index is 12.2. The van der Waals surface area contributed by atoms with Crippen LogP contribution in [0.15, 0.2) is 94.4 Å². The Kier molecular flexibility index (Phi) is 7.04. The molecule has 170 valence electrons. The lowest BCUT2D eigenvalue weighted by molar-refractivity contribution is 0.0991. The first-order valence-electron chi connectivity index (χ1n) is 10.2. The fourth-order valence-corrected chi connectivity index (χ4v) is 3.37. The molecule has 0 aliphatic heterocycles. The summed E-state index contributed by atoms with van der Waals surface area (Å²) in [5.74, 6) is 1.21. The predicted octanol–water partition coefficient (Wildman–Crippen LogP) is 5.10. The van der Waals surface area contributed by atoms with Gasteiger partial charge in [-0.25, -0.2) is 4.98 Å². The number of hydrogen-bond donors (Lipinski definition) is 3. The van der Waals surface area contributed by atoms with Crippen molar-refractivity contribution in [2.24, 2.45) is 0 Å². The van der Waals surface area contributed by atoms with Gasteiger partial charge in [0.05, 0.1) is 18.8 Å². The molecule has 5 aromatic rings. The van der Waals surface area contributed by atoms with Crippen LogP contribution in [-0.2, 0) is 0 Å². The normalized spacial score (nSPS) is 10.3. The quantitative estimate of drug-likeness (QED) is 0.312. The topological polar surface area (TPSA) is 116 Å². The van der Waals surface area contributed by atoms with Crippen LogP contribution in [0.25, 0.3) is 22.2 Å². The third-order valence-corrected chi connectivity index (χ3v) is 5.06. The van der Waals surface area contributed by atoms with E-state index >= 15 is 0 Å². The molecule has 0 bridgehead atoms. The summed E-state index contributed by atoms with van der Waals surface area (Å²) in [6.07, 6.45) is 1.53. The highest BCUT2D eigenvalue weighted by molar-refractivity contribution is 7.80. The number of hydrogen-bond acceptors (Lipinski definition) is 8. The number of nitrogen functional groups attached to an aromatic ring is 1. The van der Waals surface area contributed by atoms with E-state index in [1.165, 1.54) is 6.20 Å². The Morgan fingerprint density at radius 2 is 1.76 bits per heavy atom. The number of carbonyl (C=O) groups is 1. The summed E-state index contributed by atoms with van der Waals surface area (Å²) in [7, 11) is 1.56. The van der Waals surface area contributed by atoms with Gasteiger partial charge in [0, 0.05) is 21.5 Å². The van der Waals surface area contributed by atoms with Gasteiger partial charge in [-0.3, -0.25) is 4.79 Å². The molecular formula is C25H21N5O3S. The van der Waals surface area contributed by atoms with Gasteiger partial charge in [-0.05, 0) is 30.3 Å². The van der Waals surface area contributed by atoms with E-state index in [4.69, 9.17) is 14.9 Å². The largest absolute Gasteiger partial charge is 0.496 e. The highest BCUT2D eigenvalue weighted by Crippen LogP contribution is 2.26. The molecule has 5 rings (SSSR count). The number of methoxy groups -OCH3 is 1. The van der Waals surface area contributed by atoms with E-state index in [2.05, 4.69) is 33.1 Å². The van der Waals surface area contributed by atoms with E-state index < -0.39 is 5.91 Å². The second-order valence-corrected chi connectivity index (χ2v) is 7.55. The van der Waals surface area contributed by atoms with E-state index in [1.54, 1.807) is 25.3 Å². The second-order valence-electron chi connectivity index (χ2n) is 7.06. The number of thiol groups is 1. The molecule has 0 radical (unpaired) electrons. The van der Waals surface area contributed by atoms with Crippen LogP contribution < -0.4 is 15.8 Å². The molecule has 0 saturated heterocycles. The minimum Gasteiger partial charge on any atom is -0.496 e. The smallest absolute Gasteiger partial charge is 0.311 e. The zero-order valence-electron chi connectivity index (χ0n) is 18.2. The van der Waals surface area contributed by atoms with Crippen molar-refractivity contribution in [1.29, 1.82) is 0 Å². The second kappa shape index (κ2) is 10.5. The van der Waals surface area contributed by atoms with Crippen molar-refractivity contribution in [3.05, 3.63) is 91.0 Å². The van der Waals surface area contributed by atoms with Gasteiger partial charge in [0.15, 0.2) is 5.76 Å². The monoisotopic (exact) mass is 471 g/mol. The third kappa shape index (κ3) is 5.51. The van der Waals surface area contributed by atoms with Gasteiger partial charge in [0.2, 0.25) is 0 Å². The van der Waals surface area contributed by atoms with Crippen molar-refractivity contribution < 1.29 is 13.9 Å². The fourth-order valence-electron chi connectivity index (χ4n) is 3.07. The summed E-state index contributed by atoms with van der Waals surface area (Å²) in [5, 5.41) is 11.4. The van der Waals surface area contributed by atoms with Crippen LogP contribution in [0.4, 0.5) is 11.5 Å². The highest BCUT2D eigenvalue weighted by Gasteiger charge is 2.15. The molecule has 2 heterocycles. The van der Waals surface area contributed by atoms with Crippen LogP contribution in [0, 0.1) is 0 Å². The molecule has 0 atom stereocenters. The van der Waals surface area contributed by atoms with E-state index in [9.17, 15) is 4.79 Å². The number of amides is 1. The number of ether oxygens (including phenoxy) is 1. The van der Waals surface area contributed by atoms with E-state index in [1.807, 2.05) is 60.7 Å². The van der Waals surface area contributed by atoms with Crippen LogP contribution in [0.2, 0.25) is 0 Å². The lowest BCUT2D eigenvalue weighted by Crippen LogP contribution is -2.12. The number of fused-ring (bicyclic) bond motifs is 1. The first-order valence-corrected chi connectivity index (χ1v) is 10.7. The maximum atomic E-state index is 12.2. The number of rotatable bonds is 4. The lowest BCUT2D eigenvalue weighted by atomic mass is 10.2. The van der Waals surface area contributed by atoms with Gasteiger partial charge in [-0.1, -0.05) is 48.5 Å². The number of oxazole rings is 1. The predicted molar refractivity (Wildman–Crippen MR) is 134 cm³/mol. The average Bonchev–Trinajstić information content (AvgIpc) is 3.36. The number of anilines is 2. The van der Waals surface area contributed by atoms with E-state index in [0.29, 0.717) is 27.9 Å². The third-order valence-electron chi connectivity index (χ3n) is 4.71. The van der Waals surface area contributed by atoms with E-state index in [0.717, 1.165) is 16.5 Å². The average molecular weight is 472 g/mol. The number of carbonyl (C=O) groups excluding carboxylic acids is 1. The van der Waals surface area contributed by atoms with Crippen LogP contribution in [0.1, 0.15) is 10.7 Å². The first-order chi connectivity index (χ1) is 16.5. The molecule has 0 aliphatic rings. The lowest BCUT2D eigenvalue weighted by Gasteiger charge is -2.07. The molecule has 9 heteroatoms. The number of nitrogens with one attached hydrogen (secondary N) is 1. The molecule has 8 nitrogen and oxygen atoms in total. The van der Waals surface area contributed by atoms with Crippen LogP contribution >= 0.6 is 12.6 Å². The molecular weight excluding hydrogens is 450 g/mol. The maximum Gasteiger partial charge on any atom is 0.311 e. The molecule has 0 aliphatic carbocycles. The highest BCUT2D eigenvalue weighted by atomic mass is 32.1. The molecule has 34 heavy (non-hydrogen) atoms. The van der Waals surface area contributed by atoms with Crippen molar-refractivity contribution >= 4 is 40.9 Å². The van der Waals surface area contributed by atoms with Gasteiger partial charge in [-0.2, -0.15) is 0 Å². The van der Waals surface area contributed by atoms with Gasteiger partial charge in [-0.15, -0.1) is 22.8 Å². The van der Waals surface area contributed by atoms with Crippen molar-refractivity contribution in [1.82, 2.24) is 15.2 Å². The Morgan fingerprint density at radius 3 is 2.53 bits per heavy atom. The van der Waals surface area contributed by atoms with Gasteiger partial charge >= 0.3 is 5.91 Å².